The number of aromatic nitrogens is 2. The van der Waals surface area contributed by atoms with Gasteiger partial charge in [0.2, 0.25) is 0 Å². The average molecular weight is 403 g/mol. The molecule has 0 unspecified atom stereocenters. The Morgan fingerprint density at radius 1 is 1.03 bits per heavy atom. The van der Waals surface area contributed by atoms with Crippen molar-refractivity contribution in [3.63, 3.8) is 0 Å². The Labute approximate surface area is 178 Å². The summed E-state index contributed by atoms with van der Waals surface area (Å²) in [5, 5.41) is 3.04. The standard InChI is InChI=1S/C25H30N4O/c1-20-9-12-28(13-10-20)17-21-5-7-24(8-6-21)25(30)27-16-22-3-2-4-23(15-22)18-29-14-11-26-19-29/h2-8,11,14-15,19-20H,9-10,12-13,16-18H2,1H3,(H,27,30). The molecule has 30 heavy (non-hydrogen) atoms. The number of carbonyl (C=O) groups is 1. The van der Waals surface area contributed by atoms with Gasteiger partial charge in [-0.05, 0) is 60.7 Å². The Morgan fingerprint density at radius 3 is 2.53 bits per heavy atom. The summed E-state index contributed by atoms with van der Waals surface area (Å²) >= 11 is 0. The lowest BCUT2D eigenvalue weighted by molar-refractivity contribution is 0.0951. The zero-order chi connectivity index (χ0) is 20.8. The van der Waals surface area contributed by atoms with Crippen molar-refractivity contribution in [1.29, 1.82) is 0 Å². The quantitative estimate of drug-likeness (QED) is 0.647. The summed E-state index contributed by atoms with van der Waals surface area (Å²) in [4.78, 5) is 19.1. The molecule has 2 aromatic carbocycles. The van der Waals surface area contributed by atoms with Crippen LogP contribution in [-0.4, -0.2) is 33.4 Å². The SMILES string of the molecule is CC1CCN(Cc2ccc(C(=O)NCc3cccc(Cn4ccnc4)c3)cc2)CC1. The largest absolute Gasteiger partial charge is 0.348 e. The van der Waals surface area contributed by atoms with E-state index in [0.29, 0.717) is 12.1 Å². The Hall–Kier alpha value is -2.92. The number of hydrogen-bond acceptors (Lipinski definition) is 3. The topological polar surface area (TPSA) is 50.2 Å². The Morgan fingerprint density at radius 2 is 1.80 bits per heavy atom. The van der Waals surface area contributed by atoms with E-state index in [9.17, 15) is 4.79 Å². The molecule has 1 aliphatic heterocycles. The van der Waals surface area contributed by atoms with E-state index in [2.05, 4.69) is 46.4 Å². The van der Waals surface area contributed by atoms with Crippen molar-refractivity contribution in [2.45, 2.75) is 39.4 Å². The molecule has 5 heteroatoms. The number of likely N-dealkylation sites (tertiary alicyclic amines) is 1. The van der Waals surface area contributed by atoms with Crippen LogP contribution < -0.4 is 5.32 Å². The Balaban J connectivity index is 1.29. The van der Waals surface area contributed by atoms with Crippen LogP contribution in [0, 0.1) is 5.92 Å². The molecule has 1 aliphatic rings. The fourth-order valence-corrected chi connectivity index (χ4v) is 3.95. The molecule has 1 aromatic heterocycles. The van der Waals surface area contributed by atoms with Gasteiger partial charge in [0.25, 0.3) is 5.91 Å². The molecule has 0 aliphatic carbocycles. The van der Waals surface area contributed by atoms with Crippen molar-refractivity contribution in [1.82, 2.24) is 19.8 Å². The first-order chi connectivity index (χ1) is 14.7. The number of benzene rings is 2. The van der Waals surface area contributed by atoms with E-state index in [1.165, 1.54) is 37.1 Å². The highest BCUT2D eigenvalue weighted by Crippen LogP contribution is 2.18. The summed E-state index contributed by atoms with van der Waals surface area (Å²) in [7, 11) is 0. The molecular formula is C25H30N4O. The van der Waals surface area contributed by atoms with Gasteiger partial charge in [0, 0.05) is 37.6 Å². The smallest absolute Gasteiger partial charge is 0.251 e. The van der Waals surface area contributed by atoms with Gasteiger partial charge in [-0.25, -0.2) is 4.98 Å². The van der Waals surface area contributed by atoms with Gasteiger partial charge in [0.05, 0.1) is 6.33 Å². The van der Waals surface area contributed by atoms with Crippen LogP contribution in [0.15, 0.2) is 67.3 Å². The first kappa shape index (κ1) is 20.4. The minimum atomic E-state index is -0.0339. The normalized spacial score (nSPS) is 15.2. The van der Waals surface area contributed by atoms with Gasteiger partial charge in [-0.1, -0.05) is 43.3 Å². The molecule has 1 saturated heterocycles. The van der Waals surface area contributed by atoms with E-state index in [0.717, 1.165) is 24.6 Å². The minimum Gasteiger partial charge on any atom is -0.348 e. The predicted molar refractivity (Wildman–Crippen MR) is 119 cm³/mol. The molecule has 5 nitrogen and oxygen atoms in total. The fraction of sp³-hybridized carbons (Fsp3) is 0.360. The summed E-state index contributed by atoms with van der Waals surface area (Å²) in [6, 6.07) is 16.3. The van der Waals surface area contributed by atoms with E-state index >= 15 is 0 Å². The van der Waals surface area contributed by atoms with Gasteiger partial charge in [-0.15, -0.1) is 0 Å². The van der Waals surface area contributed by atoms with E-state index < -0.39 is 0 Å². The van der Waals surface area contributed by atoms with E-state index in [1.807, 2.05) is 41.4 Å². The lowest BCUT2D eigenvalue weighted by Crippen LogP contribution is -2.32. The monoisotopic (exact) mass is 402 g/mol. The molecule has 4 rings (SSSR count). The third-order valence-electron chi connectivity index (χ3n) is 5.87. The number of carbonyl (C=O) groups excluding carboxylic acids is 1. The van der Waals surface area contributed by atoms with Gasteiger partial charge in [0.15, 0.2) is 0 Å². The Bertz CT molecular complexity index is 942. The molecule has 3 aromatic rings. The molecule has 0 radical (unpaired) electrons. The molecule has 1 fully saturated rings. The third kappa shape index (κ3) is 5.57. The summed E-state index contributed by atoms with van der Waals surface area (Å²) < 4.78 is 2.03. The number of rotatable bonds is 7. The van der Waals surface area contributed by atoms with Crippen molar-refractivity contribution in [2.75, 3.05) is 13.1 Å². The number of amides is 1. The van der Waals surface area contributed by atoms with Crippen LogP contribution in [0.3, 0.4) is 0 Å². The number of imidazole rings is 1. The van der Waals surface area contributed by atoms with Gasteiger partial charge < -0.3 is 9.88 Å². The highest BCUT2D eigenvalue weighted by atomic mass is 16.1. The van der Waals surface area contributed by atoms with Crippen LogP contribution >= 0.6 is 0 Å². The number of piperidine rings is 1. The lowest BCUT2D eigenvalue weighted by Gasteiger charge is -2.30. The lowest BCUT2D eigenvalue weighted by atomic mass is 9.99. The van der Waals surface area contributed by atoms with Crippen molar-refractivity contribution in [3.05, 3.63) is 89.5 Å². The Kier molecular flexibility index (Phi) is 6.60. The first-order valence-electron chi connectivity index (χ1n) is 10.8. The number of nitrogens with zero attached hydrogens (tertiary/aromatic N) is 3. The second-order valence-electron chi connectivity index (χ2n) is 8.39. The van der Waals surface area contributed by atoms with E-state index in [4.69, 9.17) is 0 Å². The number of nitrogens with one attached hydrogen (secondary N) is 1. The summed E-state index contributed by atoms with van der Waals surface area (Å²) in [5.41, 5.74) is 4.27. The highest BCUT2D eigenvalue weighted by Gasteiger charge is 2.15. The van der Waals surface area contributed by atoms with Gasteiger partial charge in [-0.3, -0.25) is 9.69 Å². The summed E-state index contributed by atoms with van der Waals surface area (Å²) in [6.07, 6.45) is 8.10. The van der Waals surface area contributed by atoms with Gasteiger partial charge in [0.1, 0.15) is 0 Å². The second kappa shape index (κ2) is 9.72. The van der Waals surface area contributed by atoms with Gasteiger partial charge in [-0.2, -0.15) is 0 Å². The van der Waals surface area contributed by atoms with Crippen LogP contribution in [0.25, 0.3) is 0 Å². The molecule has 156 valence electrons. The molecule has 0 spiro atoms. The maximum atomic E-state index is 12.6. The minimum absolute atomic E-state index is 0.0339. The maximum absolute atomic E-state index is 12.6. The van der Waals surface area contributed by atoms with Crippen LogP contribution in [-0.2, 0) is 19.6 Å². The molecule has 1 amide bonds. The third-order valence-corrected chi connectivity index (χ3v) is 5.87. The number of hydrogen-bond donors (Lipinski definition) is 1. The summed E-state index contributed by atoms with van der Waals surface area (Å²) in [5.74, 6) is 0.812. The predicted octanol–water partition coefficient (Wildman–Crippen LogP) is 4.09. The van der Waals surface area contributed by atoms with E-state index in [-0.39, 0.29) is 5.91 Å². The zero-order valence-electron chi connectivity index (χ0n) is 17.6. The summed E-state index contributed by atoms with van der Waals surface area (Å²) in [6.45, 7) is 6.94. The van der Waals surface area contributed by atoms with Crippen LogP contribution in [0.1, 0.15) is 46.8 Å². The average Bonchev–Trinajstić information content (AvgIpc) is 3.27. The molecule has 0 atom stereocenters. The highest BCUT2D eigenvalue weighted by molar-refractivity contribution is 5.94. The maximum Gasteiger partial charge on any atom is 0.251 e. The molecule has 0 bridgehead atoms. The van der Waals surface area contributed by atoms with Crippen molar-refractivity contribution in [3.8, 4) is 0 Å². The van der Waals surface area contributed by atoms with Gasteiger partial charge >= 0.3 is 0 Å². The fourth-order valence-electron chi connectivity index (χ4n) is 3.95. The van der Waals surface area contributed by atoms with Crippen molar-refractivity contribution >= 4 is 5.91 Å². The molecule has 0 saturated carbocycles. The zero-order valence-corrected chi connectivity index (χ0v) is 17.6. The molecule has 1 N–H and O–H groups in total. The molecular weight excluding hydrogens is 372 g/mol. The van der Waals surface area contributed by atoms with Crippen molar-refractivity contribution in [2.24, 2.45) is 5.92 Å². The van der Waals surface area contributed by atoms with Crippen LogP contribution in [0.5, 0.6) is 0 Å². The van der Waals surface area contributed by atoms with E-state index in [1.54, 1.807) is 6.20 Å². The first-order valence-corrected chi connectivity index (χ1v) is 10.8. The van der Waals surface area contributed by atoms with Crippen LogP contribution in [0.4, 0.5) is 0 Å². The second-order valence-corrected chi connectivity index (χ2v) is 8.39. The van der Waals surface area contributed by atoms with Crippen LogP contribution in [0.2, 0.25) is 0 Å². The molecule has 2 heterocycles. The van der Waals surface area contributed by atoms with Crippen molar-refractivity contribution < 1.29 is 4.79 Å².